The van der Waals surface area contributed by atoms with Gasteiger partial charge in [-0.05, 0) is 85.7 Å². The van der Waals surface area contributed by atoms with E-state index in [1.165, 1.54) is 12.3 Å². The molecule has 5 aliphatic rings. The van der Waals surface area contributed by atoms with Gasteiger partial charge in [-0.15, -0.1) is 0 Å². The SMILES string of the molecule is C=C1CCC(N2Cc3c(NCCOCCOCCCC(=O)c4ccc(NC(=O)[C@@H]5NC6(CCCCC6)[C@@]6(C(=O)Nc7cc(Cl)ccc76)[C@H]5c5cccc(Cl)c5F)nc4)cccc3C2=O)C(=O)N1. The zero-order chi connectivity index (χ0) is 46.9. The molecule has 5 heterocycles. The van der Waals surface area contributed by atoms with Crippen molar-refractivity contribution in [1.82, 2.24) is 20.5 Å². The van der Waals surface area contributed by atoms with Gasteiger partial charge in [-0.1, -0.05) is 73.3 Å². The Labute approximate surface area is 397 Å². The lowest BCUT2D eigenvalue weighted by Crippen LogP contribution is -2.60. The Hall–Kier alpha value is -5.71. The zero-order valence-corrected chi connectivity index (χ0v) is 38.4. The Kier molecular flexibility index (Phi) is 13.5. The van der Waals surface area contributed by atoms with Crippen molar-refractivity contribution < 1.29 is 37.8 Å². The molecule has 3 fully saturated rings. The van der Waals surface area contributed by atoms with Gasteiger partial charge in [0.2, 0.25) is 17.7 Å². The van der Waals surface area contributed by atoms with E-state index in [9.17, 15) is 24.0 Å². The number of nitrogens with one attached hydrogen (secondary N) is 5. The molecule has 14 nitrogen and oxygen atoms in total. The van der Waals surface area contributed by atoms with Gasteiger partial charge in [0, 0.05) is 82.6 Å². The first kappa shape index (κ1) is 46.4. The molecule has 9 rings (SSSR count). The number of hydrogen-bond donors (Lipinski definition) is 5. The third-order valence-corrected chi connectivity index (χ3v) is 14.5. The summed E-state index contributed by atoms with van der Waals surface area (Å²) in [5.41, 5.74) is 2.40. The first-order valence-electron chi connectivity index (χ1n) is 22.9. The van der Waals surface area contributed by atoms with Gasteiger partial charge < -0.3 is 35.6 Å². The van der Waals surface area contributed by atoms with Crippen molar-refractivity contribution in [2.24, 2.45) is 0 Å². The molecule has 1 unspecified atom stereocenters. The van der Waals surface area contributed by atoms with E-state index in [-0.39, 0.29) is 46.3 Å². The molecule has 67 heavy (non-hydrogen) atoms. The highest BCUT2D eigenvalue weighted by Crippen LogP contribution is 2.63. The normalized spacial score (nSPS) is 22.7. The molecule has 4 atom stereocenters. The highest BCUT2D eigenvalue weighted by molar-refractivity contribution is 6.31. The highest BCUT2D eigenvalue weighted by atomic mass is 35.5. The van der Waals surface area contributed by atoms with Crippen molar-refractivity contribution in [1.29, 1.82) is 0 Å². The Morgan fingerprint density at radius 3 is 2.51 bits per heavy atom. The topological polar surface area (TPSA) is 180 Å². The molecule has 2 spiro atoms. The Morgan fingerprint density at radius 2 is 1.73 bits per heavy atom. The molecule has 1 saturated carbocycles. The number of pyridine rings is 1. The number of fused-ring (bicyclic) bond motifs is 4. The maximum absolute atomic E-state index is 16.2. The van der Waals surface area contributed by atoms with Gasteiger partial charge >= 0.3 is 0 Å². The van der Waals surface area contributed by atoms with Gasteiger partial charge in [0.05, 0.1) is 30.9 Å². The second-order valence-electron chi connectivity index (χ2n) is 17.8. The van der Waals surface area contributed by atoms with E-state index in [0.29, 0.717) is 105 Å². The molecular weight excluding hydrogens is 900 g/mol. The van der Waals surface area contributed by atoms with Crippen LogP contribution in [-0.2, 0) is 35.8 Å². The van der Waals surface area contributed by atoms with Crippen LogP contribution >= 0.6 is 23.2 Å². The lowest BCUT2D eigenvalue weighted by molar-refractivity contribution is -0.126. The standard InChI is InChI=1S/C50H52Cl2FN7O7/c1-29-13-17-39(45(62)56-29)60-28-34-32(47(60)64)8-6-11-37(34)54-21-23-67-25-24-66-22-7-12-40(61)30-14-18-41(55-27-30)58-46(63)44-42(33-9-5-10-36(52)43(33)53)50(49(59-44)19-3-2-4-20-49)35-16-15-31(51)26-38(35)57-48(50)65/h5-6,8-11,14-16,18,26-27,39,42,44,54,59H,1-4,7,12-13,17,19-25,28H2,(H,56,62)(H,57,65)(H,55,58,63)/t39?,42-,44+,50+/m0/s1. The van der Waals surface area contributed by atoms with E-state index in [1.807, 2.05) is 12.1 Å². The largest absolute Gasteiger partial charge is 0.382 e. The molecule has 4 aromatic rings. The second kappa shape index (κ2) is 19.5. The number of hydrogen-bond acceptors (Lipinski definition) is 10. The number of nitrogens with zero attached hydrogens (tertiary/aromatic N) is 2. The minimum atomic E-state index is -1.37. The quantitative estimate of drug-likeness (QED) is 0.0553. The highest BCUT2D eigenvalue weighted by Gasteiger charge is 2.72. The number of amides is 4. The predicted molar refractivity (Wildman–Crippen MR) is 252 cm³/mol. The first-order valence-corrected chi connectivity index (χ1v) is 23.6. The van der Waals surface area contributed by atoms with Crippen LogP contribution in [0.15, 0.2) is 85.2 Å². The van der Waals surface area contributed by atoms with Crippen molar-refractivity contribution in [3.63, 3.8) is 0 Å². The van der Waals surface area contributed by atoms with E-state index >= 15 is 4.39 Å². The first-order chi connectivity index (χ1) is 32.4. The molecule has 0 bridgehead atoms. The Bertz CT molecular complexity index is 2630. The van der Waals surface area contributed by atoms with E-state index in [0.717, 1.165) is 30.5 Å². The van der Waals surface area contributed by atoms with Crippen LogP contribution in [0, 0.1) is 5.82 Å². The van der Waals surface area contributed by atoms with Crippen LogP contribution in [0.5, 0.6) is 0 Å². The van der Waals surface area contributed by atoms with Crippen LogP contribution in [0.4, 0.5) is 21.6 Å². The van der Waals surface area contributed by atoms with Crippen LogP contribution in [-0.4, -0.2) is 89.9 Å². The molecule has 2 saturated heterocycles. The van der Waals surface area contributed by atoms with Crippen molar-refractivity contribution in [2.45, 2.75) is 93.3 Å². The fourth-order valence-corrected chi connectivity index (χ4v) is 11.3. The predicted octanol–water partition coefficient (Wildman–Crippen LogP) is 7.67. The van der Waals surface area contributed by atoms with Crippen LogP contribution in [0.3, 0.4) is 0 Å². The number of halogens is 3. The van der Waals surface area contributed by atoms with E-state index in [4.69, 9.17) is 32.7 Å². The van der Waals surface area contributed by atoms with Crippen molar-refractivity contribution in [3.05, 3.63) is 129 Å². The lowest BCUT2D eigenvalue weighted by Gasteiger charge is -2.47. The summed E-state index contributed by atoms with van der Waals surface area (Å²) in [7, 11) is 0. The fraction of sp³-hybridized carbons (Fsp3) is 0.400. The van der Waals surface area contributed by atoms with Crippen LogP contribution in [0.25, 0.3) is 0 Å². The molecule has 17 heteroatoms. The zero-order valence-electron chi connectivity index (χ0n) is 36.9. The van der Waals surface area contributed by atoms with Gasteiger partial charge in [0.15, 0.2) is 5.78 Å². The Morgan fingerprint density at radius 1 is 0.940 bits per heavy atom. The summed E-state index contributed by atoms with van der Waals surface area (Å²) in [5, 5.41) is 16.0. The average molecular weight is 953 g/mol. The van der Waals surface area contributed by atoms with Gasteiger partial charge in [-0.25, -0.2) is 9.37 Å². The van der Waals surface area contributed by atoms with Crippen molar-refractivity contribution in [2.75, 3.05) is 48.9 Å². The Balaban J connectivity index is 0.752. The third-order valence-electron chi connectivity index (χ3n) is 14.0. The number of piperidine rings is 1. The van der Waals surface area contributed by atoms with Gasteiger partial charge in [-0.3, -0.25) is 29.3 Å². The van der Waals surface area contributed by atoms with Crippen LogP contribution in [0.2, 0.25) is 10.0 Å². The molecular formula is C50H52Cl2FN7O7. The van der Waals surface area contributed by atoms with Crippen LogP contribution in [0.1, 0.15) is 101 Å². The molecule has 5 N–H and O–H groups in total. The number of Topliss-reactive ketones (excluding diaryl/α,β-unsaturated/α-hetero) is 1. The molecule has 1 aliphatic carbocycles. The minimum absolute atomic E-state index is 0.115. The molecule has 1 aromatic heterocycles. The lowest BCUT2D eigenvalue weighted by atomic mass is 9.55. The van der Waals surface area contributed by atoms with Gasteiger partial charge in [0.25, 0.3) is 5.91 Å². The smallest absolute Gasteiger partial charge is 0.255 e. The molecule has 350 valence electrons. The number of rotatable bonds is 16. The summed E-state index contributed by atoms with van der Waals surface area (Å²) in [6, 6.07) is 16.9. The summed E-state index contributed by atoms with van der Waals surface area (Å²) in [5.74, 6) is -2.82. The van der Waals surface area contributed by atoms with Crippen molar-refractivity contribution in [3.8, 4) is 0 Å². The summed E-state index contributed by atoms with van der Waals surface area (Å²) < 4.78 is 27.7. The van der Waals surface area contributed by atoms with E-state index in [1.54, 1.807) is 53.4 Å². The molecule has 4 amide bonds. The third kappa shape index (κ3) is 8.72. The molecule has 0 radical (unpaired) electrons. The number of ether oxygens (including phenoxy) is 2. The number of aromatic nitrogens is 1. The summed E-state index contributed by atoms with van der Waals surface area (Å²) in [6.07, 6.45) is 7.05. The van der Waals surface area contributed by atoms with E-state index in [2.05, 4.69) is 38.1 Å². The fourth-order valence-electron chi connectivity index (χ4n) is 10.9. The summed E-state index contributed by atoms with van der Waals surface area (Å²) in [4.78, 5) is 73.9. The average Bonchev–Trinajstić information content (AvgIpc) is 3.91. The number of carbonyl (C=O) groups is 5. The minimum Gasteiger partial charge on any atom is -0.382 e. The monoisotopic (exact) mass is 951 g/mol. The number of anilines is 3. The molecule has 3 aromatic carbocycles. The van der Waals surface area contributed by atoms with Crippen LogP contribution < -0.4 is 26.6 Å². The maximum Gasteiger partial charge on any atom is 0.255 e. The summed E-state index contributed by atoms with van der Waals surface area (Å²) >= 11 is 12.8. The maximum atomic E-state index is 16.2. The van der Waals surface area contributed by atoms with E-state index < -0.39 is 40.7 Å². The number of carbonyl (C=O) groups excluding carboxylic acids is 5. The number of allylic oxidation sites excluding steroid dienone is 1. The molecule has 4 aliphatic heterocycles. The second-order valence-corrected chi connectivity index (χ2v) is 18.7. The number of benzene rings is 3. The van der Waals surface area contributed by atoms with Gasteiger partial charge in [-0.2, -0.15) is 0 Å². The van der Waals surface area contributed by atoms with Gasteiger partial charge in [0.1, 0.15) is 23.1 Å². The van der Waals surface area contributed by atoms with Crippen molar-refractivity contribution >= 4 is 69.8 Å². The number of ketones is 1. The summed E-state index contributed by atoms with van der Waals surface area (Å²) in [6.45, 7) is 6.15.